The summed E-state index contributed by atoms with van der Waals surface area (Å²) in [6.07, 6.45) is 3.99. The Bertz CT molecular complexity index is 1360. The van der Waals surface area contributed by atoms with E-state index in [1.54, 1.807) is 49.6 Å². The molecule has 0 radical (unpaired) electrons. The van der Waals surface area contributed by atoms with Gasteiger partial charge in [0.25, 0.3) is 5.91 Å². The lowest BCUT2D eigenvalue weighted by Crippen LogP contribution is -2.35. The monoisotopic (exact) mass is 585 g/mol. The molecule has 12 nitrogen and oxygen atoms in total. The van der Waals surface area contributed by atoms with Crippen molar-refractivity contribution in [3.05, 3.63) is 64.6 Å². The van der Waals surface area contributed by atoms with Gasteiger partial charge in [0.1, 0.15) is 31.0 Å². The second-order valence-electron chi connectivity index (χ2n) is 9.70. The highest BCUT2D eigenvalue weighted by Crippen LogP contribution is 2.24. The second-order valence-corrected chi connectivity index (χ2v) is 10.1. The Morgan fingerprint density at radius 1 is 1.07 bits per heavy atom. The number of ether oxygens (including phenoxy) is 2. The third-order valence-electron chi connectivity index (χ3n) is 6.12. The van der Waals surface area contributed by atoms with Crippen LogP contribution in [0.4, 0.5) is 5.95 Å². The Balaban J connectivity index is 1.75. The van der Waals surface area contributed by atoms with E-state index < -0.39 is 36.0 Å². The number of halogens is 1. The fourth-order valence-electron chi connectivity index (χ4n) is 3.70. The molecule has 0 saturated heterocycles. The summed E-state index contributed by atoms with van der Waals surface area (Å²) < 4.78 is 10.5. The van der Waals surface area contributed by atoms with E-state index in [0.29, 0.717) is 34.2 Å². The van der Waals surface area contributed by atoms with Crippen LogP contribution in [0.3, 0.4) is 0 Å². The minimum absolute atomic E-state index is 0.116. The summed E-state index contributed by atoms with van der Waals surface area (Å²) in [5.41, 5.74) is 14.2. The molecule has 7 N–H and O–H groups in total. The molecule has 3 aromatic rings. The van der Waals surface area contributed by atoms with Gasteiger partial charge in [0, 0.05) is 23.0 Å². The Morgan fingerprint density at radius 3 is 2.39 bits per heavy atom. The van der Waals surface area contributed by atoms with Crippen molar-refractivity contribution < 1.29 is 23.9 Å². The first kappa shape index (κ1) is 31.5. The van der Waals surface area contributed by atoms with E-state index in [0.717, 1.165) is 5.56 Å². The average Bonchev–Trinajstić information content (AvgIpc) is 3.43. The molecule has 3 rings (SSSR count). The van der Waals surface area contributed by atoms with Crippen molar-refractivity contribution in [3.63, 3.8) is 0 Å². The molecule has 1 amide bonds. The predicted molar refractivity (Wildman–Crippen MR) is 155 cm³/mol. The number of benzene rings is 1. The number of hydrogen-bond acceptors (Lipinski definition) is 10. The van der Waals surface area contributed by atoms with Gasteiger partial charge in [-0.05, 0) is 56.5 Å². The highest BCUT2D eigenvalue weighted by atomic mass is 35.5. The van der Waals surface area contributed by atoms with Crippen LogP contribution in [0, 0.1) is 6.92 Å². The van der Waals surface area contributed by atoms with Gasteiger partial charge in [0.05, 0.1) is 17.8 Å². The number of nitrogens with one attached hydrogen (secondary N) is 3. The van der Waals surface area contributed by atoms with Crippen molar-refractivity contribution in [2.24, 2.45) is 11.5 Å². The van der Waals surface area contributed by atoms with Gasteiger partial charge in [-0.25, -0.2) is 9.97 Å². The molecule has 0 unspecified atom stereocenters. The third-order valence-corrected chi connectivity index (χ3v) is 6.35. The van der Waals surface area contributed by atoms with Gasteiger partial charge in [-0.2, -0.15) is 0 Å². The smallest absolute Gasteiger partial charge is 0.322 e. The summed E-state index contributed by atoms with van der Waals surface area (Å²) in [7, 11) is 0. The Labute approximate surface area is 243 Å². The number of nitrogens with zero attached hydrogens (tertiary/aromatic N) is 2. The first-order valence-corrected chi connectivity index (χ1v) is 13.6. The third kappa shape index (κ3) is 9.00. The quantitative estimate of drug-likeness (QED) is 0.187. The molecule has 0 aliphatic rings. The predicted octanol–water partition coefficient (Wildman–Crippen LogP) is 2.88. The van der Waals surface area contributed by atoms with Gasteiger partial charge in [0.15, 0.2) is 0 Å². The number of hydrogen-bond donors (Lipinski definition) is 5. The van der Waals surface area contributed by atoms with E-state index in [4.69, 9.17) is 32.5 Å². The number of esters is 2. The molecule has 4 atom stereocenters. The Kier molecular flexibility index (Phi) is 11.2. The highest BCUT2D eigenvalue weighted by molar-refractivity contribution is 6.30. The zero-order valence-electron chi connectivity index (χ0n) is 23.4. The SMILES string of the molecule is CC[C@@H](COC(=O)[C@H](C)N)Nc1ncc(C)c(-c2c[nH]c(C(=O)N[C@H](COC(=O)[C@H](C)N)c3cccc(Cl)c3)c2)n1. The van der Waals surface area contributed by atoms with Crippen LogP contribution in [0.1, 0.15) is 54.8 Å². The lowest BCUT2D eigenvalue weighted by Gasteiger charge is -2.20. The molecule has 0 aliphatic heterocycles. The van der Waals surface area contributed by atoms with Gasteiger partial charge >= 0.3 is 11.9 Å². The van der Waals surface area contributed by atoms with Crippen LogP contribution in [0.2, 0.25) is 5.02 Å². The van der Waals surface area contributed by atoms with Crippen LogP contribution in [0.5, 0.6) is 0 Å². The molecule has 0 aliphatic carbocycles. The summed E-state index contributed by atoms with van der Waals surface area (Å²) in [5.74, 6) is -1.16. The molecule has 0 spiro atoms. The molecule has 41 heavy (non-hydrogen) atoms. The van der Waals surface area contributed by atoms with Crippen LogP contribution in [-0.4, -0.2) is 64.1 Å². The lowest BCUT2D eigenvalue weighted by atomic mass is 10.1. The molecule has 2 heterocycles. The highest BCUT2D eigenvalue weighted by Gasteiger charge is 2.21. The van der Waals surface area contributed by atoms with Crippen LogP contribution in [0.25, 0.3) is 11.3 Å². The first-order chi connectivity index (χ1) is 19.5. The lowest BCUT2D eigenvalue weighted by molar-refractivity contribution is -0.146. The van der Waals surface area contributed by atoms with Gasteiger partial charge in [-0.3, -0.25) is 14.4 Å². The number of aromatic amines is 1. The van der Waals surface area contributed by atoms with E-state index >= 15 is 0 Å². The van der Waals surface area contributed by atoms with E-state index in [1.807, 2.05) is 13.8 Å². The fraction of sp³-hybridized carbons (Fsp3) is 0.393. The summed E-state index contributed by atoms with van der Waals surface area (Å²) in [4.78, 5) is 48.9. The summed E-state index contributed by atoms with van der Waals surface area (Å²) in [5, 5.41) is 6.54. The number of carbonyl (C=O) groups is 3. The number of nitrogens with two attached hydrogens (primary N) is 2. The summed E-state index contributed by atoms with van der Waals surface area (Å²) in [6, 6.07) is 6.17. The molecule has 1 aromatic carbocycles. The Morgan fingerprint density at radius 2 is 1.76 bits per heavy atom. The van der Waals surface area contributed by atoms with Crippen LogP contribution >= 0.6 is 11.6 Å². The molecule has 13 heteroatoms. The fourth-order valence-corrected chi connectivity index (χ4v) is 3.90. The van der Waals surface area contributed by atoms with Gasteiger partial charge < -0.3 is 36.6 Å². The van der Waals surface area contributed by atoms with Crippen molar-refractivity contribution in [3.8, 4) is 11.3 Å². The molecule has 0 bridgehead atoms. The molecule has 2 aromatic heterocycles. The number of aryl methyl sites for hydroxylation is 1. The van der Waals surface area contributed by atoms with Crippen molar-refractivity contribution >= 4 is 35.4 Å². The number of aromatic nitrogens is 3. The number of H-pyrrole nitrogens is 1. The van der Waals surface area contributed by atoms with E-state index in [9.17, 15) is 14.4 Å². The van der Waals surface area contributed by atoms with Gasteiger partial charge in [-0.15, -0.1) is 0 Å². The largest absolute Gasteiger partial charge is 0.462 e. The zero-order valence-corrected chi connectivity index (χ0v) is 24.2. The summed E-state index contributed by atoms with van der Waals surface area (Å²) in [6.45, 7) is 6.87. The zero-order chi connectivity index (χ0) is 30.1. The van der Waals surface area contributed by atoms with Crippen LogP contribution in [-0.2, 0) is 19.1 Å². The number of carbonyl (C=O) groups excluding carboxylic acids is 3. The average molecular weight is 586 g/mol. The van der Waals surface area contributed by atoms with E-state index in [1.165, 1.54) is 6.92 Å². The minimum Gasteiger partial charge on any atom is -0.462 e. The van der Waals surface area contributed by atoms with Crippen molar-refractivity contribution in [2.45, 2.75) is 58.3 Å². The maximum atomic E-state index is 13.2. The summed E-state index contributed by atoms with van der Waals surface area (Å²) >= 11 is 6.15. The molecular weight excluding hydrogens is 550 g/mol. The Hall–Kier alpha value is -4.00. The number of anilines is 1. The molecule has 220 valence electrons. The van der Waals surface area contributed by atoms with Crippen molar-refractivity contribution in [1.82, 2.24) is 20.3 Å². The molecular formula is C28H36ClN7O5. The van der Waals surface area contributed by atoms with Crippen LogP contribution < -0.4 is 22.1 Å². The molecule has 0 fully saturated rings. The topological polar surface area (TPSA) is 187 Å². The minimum atomic E-state index is -0.801. The number of rotatable bonds is 13. The second kappa shape index (κ2) is 14.6. The van der Waals surface area contributed by atoms with E-state index in [-0.39, 0.29) is 24.9 Å². The maximum absolute atomic E-state index is 13.2. The standard InChI is InChI=1S/C28H36ClN7O5/c1-5-21(13-40-26(38)16(3)30)34-28-33-11-15(2)24(36-28)19-10-22(32-12-19)25(37)35-23(14-41-27(39)17(4)31)18-7-6-8-20(29)9-18/h6-12,16-17,21,23,32H,5,13-14,30-31H2,1-4H3,(H,35,37)(H,33,34,36)/t16-,17-,21-,23+/m0/s1. The van der Waals surface area contributed by atoms with Gasteiger partial charge in [-0.1, -0.05) is 30.7 Å². The first-order valence-electron chi connectivity index (χ1n) is 13.2. The van der Waals surface area contributed by atoms with Crippen molar-refractivity contribution in [2.75, 3.05) is 18.5 Å². The maximum Gasteiger partial charge on any atom is 0.322 e. The normalized spacial score (nSPS) is 13.9. The van der Waals surface area contributed by atoms with Crippen LogP contribution in [0.15, 0.2) is 42.7 Å². The molecule has 0 saturated carbocycles. The van der Waals surface area contributed by atoms with Gasteiger partial charge in [0.2, 0.25) is 5.95 Å². The number of amides is 1. The van der Waals surface area contributed by atoms with E-state index in [2.05, 4.69) is 25.6 Å². The van der Waals surface area contributed by atoms with Crippen molar-refractivity contribution in [1.29, 1.82) is 0 Å².